The Kier molecular flexibility index (Phi) is 7.70. The van der Waals surface area contributed by atoms with Crippen molar-refractivity contribution < 1.29 is 9.53 Å². The molecule has 5 rings (SSSR count). The summed E-state index contributed by atoms with van der Waals surface area (Å²) in [6.07, 6.45) is 0. The average Bonchev–Trinajstić information content (AvgIpc) is 3.35. The van der Waals surface area contributed by atoms with E-state index in [1.165, 1.54) is 0 Å². The number of benzene rings is 3. The Morgan fingerprint density at radius 2 is 1.64 bits per heavy atom. The van der Waals surface area contributed by atoms with Crippen molar-refractivity contribution >= 4 is 44.2 Å². The number of nitrogens with one attached hydrogen (secondary N) is 1. The summed E-state index contributed by atoms with van der Waals surface area (Å²) in [6.45, 7) is 5.06. The van der Waals surface area contributed by atoms with Crippen molar-refractivity contribution in [1.29, 1.82) is 0 Å². The number of thiazole rings is 1. The number of hydrogen-bond donors (Lipinski definition) is 1. The van der Waals surface area contributed by atoms with E-state index >= 15 is 0 Å². The summed E-state index contributed by atoms with van der Waals surface area (Å²) in [5.74, 6) is 0.359. The van der Waals surface area contributed by atoms with Crippen LogP contribution in [-0.4, -0.2) is 62.2 Å². The van der Waals surface area contributed by atoms with Crippen molar-refractivity contribution in [2.45, 2.75) is 5.92 Å². The maximum atomic E-state index is 13.2. The number of ether oxygens (including phenoxy) is 1. The second-order valence-electron chi connectivity index (χ2n) is 8.80. The monoisotopic (exact) mass is 520 g/mol. The van der Waals surface area contributed by atoms with Gasteiger partial charge in [-0.1, -0.05) is 83.6 Å². The van der Waals surface area contributed by atoms with Crippen LogP contribution in [0, 0.1) is 0 Å². The number of anilines is 1. The van der Waals surface area contributed by atoms with Crippen LogP contribution in [0.4, 0.5) is 5.13 Å². The van der Waals surface area contributed by atoms with E-state index in [4.69, 9.17) is 21.3 Å². The van der Waals surface area contributed by atoms with Crippen LogP contribution < -0.4 is 15.0 Å². The quantitative estimate of drug-likeness (QED) is 0.353. The van der Waals surface area contributed by atoms with Gasteiger partial charge in [0.1, 0.15) is 5.52 Å². The molecule has 0 radical (unpaired) electrons. The number of amides is 1. The number of piperazine rings is 1. The summed E-state index contributed by atoms with van der Waals surface area (Å²) in [5.41, 5.74) is 2.83. The van der Waals surface area contributed by atoms with Gasteiger partial charge in [0, 0.05) is 39.3 Å². The molecule has 186 valence electrons. The van der Waals surface area contributed by atoms with Gasteiger partial charge in [0.25, 0.3) is 0 Å². The van der Waals surface area contributed by atoms with E-state index in [0.717, 1.165) is 59.2 Å². The summed E-state index contributed by atoms with van der Waals surface area (Å²) in [7, 11) is 1.62. The van der Waals surface area contributed by atoms with Crippen molar-refractivity contribution in [2.24, 2.45) is 0 Å². The van der Waals surface area contributed by atoms with Gasteiger partial charge < -0.3 is 15.0 Å². The number of methoxy groups -OCH3 is 1. The second-order valence-corrected chi connectivity index (χ2v) is 10.2. The maximum absolute atomic E-state index is 13.2. The molecule has 1 fully saturated rings. The predicted octanol–water partition coefficient (Wildman–Crippen LogP) is 5.03. The lowest BCUT2D eigenvalue weighted by Gasteiger charge is -2.34. The molecule has 2 heterocycles. The van der Waals surface area contributed by atoms with Crippen LogP contribution in [0.2, 0.25) is 5.02 Å². The topological polar surface area (TPSA) is 57.7 Å². The summed E-state index contributed by atoms with van der Waals surface area (Å²) in [6, 6.07) is 23.8. The lowest BCUT2D eigenvalue weighted by atomic mass is 9.90. The molecule has 1 saturated heterocycles. The number of hydrogen-bond acceptors (Lipinski definition) is 6. The Balaban J connectivity index is 1.16. The van der Waals surface area contributed by atoms with E-state index in [9.17, 15) is 4.79 Å². The van der Waals surface area contributed by atoms with Crippen LogP contribution in [0.3, 0.4) is 0 Å². The summed E-state index contributed by atoms with van der Waals surface area (Å²) >= 11 is 7.93. The number of carbonyl (C=O) groups is 1. The van der Waals surface area contributed by atoms with Crippen molar-refractivity contribution in [3.63, 3.8) is 0 Å². The molecule has 0 spiro atoms. The molecular formula is C28H29ClN4O2S. The Hall–Kier alpha value is -3.13. The van der Waals surface area contributed by atoms with Crippen LogP contribution in [0.5, 0.6) is 5.75 Å². The predicted molar refractivity (Wildman–Crippen MR) is 148 cm³/mol. The third kappa shape index (κ3) is 5.33. The Labute approximate surface area is 220 Å². The third-order valence-corrected chi connectivity index (χ3v) is 7.94. The molecule has 1 aliphatic rings. The number of rotatable bonds is 8. The fraction of sp³-hybridized carbons (Fsp3) is 0.286. The first-order valence-corrected chi connectivity index (χ1v) is 13.3. The molecule has 6 nitrogen and oxygen atoms in total. The molecule has 36 heavy (non-hydrogen) atoms. The third-order valence-electron chi connectivity index (χ3n) is 6.56. The first kappa shape index (κ1) is 24.6. The van der Waals surface area contributed by atoms with Gasteiger partial charge in [-0.15, -0.1) is 0 Å². The second kappa shape index (κ2) is 11.3. The number of fused-ring (bicyclic) bond motifs is 1. The van der Waals surface area contributed by atoms with E-state index in [2.05, 4.69) is 15.1 Å². The SMILES string of the molecule is COc1c(Cl)ccc2sc(N3CCN(CCNC(=O)C(c4ccccc4)c4ccccc4)CC3)nc12. The number of nitrogens with zero attached hydrogens (tertiary/aromatic N) is 3. The van der Waals surface area contributed by atoms with Gasteiger partial charge in [0.15, 0.2) is 10.9 Å². The van der Waals surface area contributed by atoms with Gasteiger partial charge in [-0.3, -0.25) is 9.69 Å². The molecule has 1 amide bonds. The first-order chi connectivity index (χ1) is 17.6. The lowest BCUT2D eigenvalue weighted by molar-refractivity contribution is -0.121. The van der Waals surface area contributed by atoms with Gasteiger partial charge in [-0.05, 0) is 23.3 Å². The van der Waals surface area contributed by atoms with Gasteiger partial charge >= 0.3 is 0 Å². The summed E-state index contributed by atoms with van der Waals surface area (Å²) < 4.78 is 6.54. The van der Waals surface area contributed by atoms with Crippen molar-refractivity contribution in [3.05, 3.63) is 88.9 Å². The minimum Gasteiger partial charge on any atom is -0.493 e. The zero-order valence-corrected chi connectivity index (χ0v) is 21.8. The fourth-order valence-corrected chi connectivity index (χ4v) is 5.90. The summed E-state index contributed by atoms with van der Waals surface area (Å²) in [5, 5.41) is 4.75. The summed E-state index contributed by atoms with van der Waals surface area (Å²) in [4.78, 5) is 22.7. The molecular weight excluding hydrogens is 492 g/mol. The van der Waals surface area contributed by atoms with Gasteiger partial charge in [0.05, 0.1) is 22.8 Å². The minimum absolute atomic E-state index is 0.0353. The highest BCUT2D eigenvalue weighted by atomic mass is 35.5. The van der Waals surface area contributed by atoms with Crippen molar-refractivity contribution in [2.75, 3.05) is 51.3 Å². The minimum atomic E-state index is -0.311. The van der Waals surface area contributed by atoms with E-state index < -0.39 is 0 Å². The highest BCUT2D eigenvalue weighted by Crippen LogP contribution is 2.38. The Morgan fingerprint density at radius 3 is 2.25 bits per heavy atom. The zero-order valence-electron chi connectivity index (χ0n) is 20.2. The smallest absolute Gasteiger partial charge is 0.232 e. The van der Waals surface area contributed by atoms with Crippen molar-refractivity contribution in [3.8, 4) is 5.75 Å². The highest BCUT2D eigenvalue weighted by molar-refractivity contribution is 7.22. The lowest BCUT2D eigenvalue weighted by Crippen LogP contribution is -2.48. The standard InChI is InChI=1S/C28H29ClN4O2S/c1-35-26-22(29)12-13-23-25(26)31-28(36-23)33-18-16-32(17-19-33)15-14-30-27(34)24(20-8-4-2-5-9-20)21-10-6-3-7-11-21/h2-13,24H,14-19H2,1H3,(H,30,34). The number of aromatic nitrogens is 1. The zero-order chi connectivity index (χ0) is 24.9. The van der Waals surface area contributed by atoms with Crippen LogP contribution in [0.15, 0.2) is 72.8 Å². The molecule has 0 bridgehead atoms. The highest BCUT2D eigenvalue weighted by Gasteiger charge is 2.24. The molecule has 0 saturated carbocycles. The normalized spacial score (nSPS) is 14.4. The molecule has 1 N–H and O–H groups in total. The fourth-order valence-electron chi connectivity index (χ4n) is 4.65. The van der Waals surface area contributed by atoms with Crippen LogP contribution in [-0.2, 0) is 4.79 Å². The molecule has 8 heteroatoms. The average molecular weight is 521 g/mol. The van der Waals surface area contributed by atoms with Crippen LogP contribution in [0.1, 0.15) is 17.0 Å². The molecule has 3 aromatic carbocycles. The van der Waals surface area contributed by atoms with Gasteiger partial charge in [-0.2, -0.15) is 0 Å². The molecule has 0 atom stereocenters. The van der Waals surface area contributed by atoms with Crippen LogP contribution >= 0.6 is 22.9 Å². The van der Waals surface area contributed by atoms with Crippen molar-refractivity contribution in [1.82, 2.24) is 15.2 Å². The largest absolute Gasteiger partial charge is 0.493 e. The van der Waals surface area contributed by atoms with E-state index in [-0.39, 0.29) is 11.8 Å². The molecule has 0 unspecified atom stereocenters. The van der Waals surface area contributed by atoms with Gasteiger partial charge in [0.2, 0.25) is 5.91 Å². The Morgan fingerprint density at radius 1 is 1.00 bits per heavy atom. The molecule has 1 aromatic heterocycles. The Bertz CT molecular complexity index is 1270. The van der Waals surface area contributed by atoms with E-state index in [1.807, 2.05) is 72.8 Å². The van der Waals surface area contributed by atoms with Crippen LogP contribution in [0.25, 0.3) is 10.2 Å². The van der Waals surface area contributed by atoms with E-state index in [1.54, 1.807) is 18.4 Å². The maximum Gasteiger partial charge on any atom is 0.232 e. The molecule has 1 aliphatic heterocycles. The van der Waals surface area contributed by atoms with Gasteiger partial charge in [-0.25, -0.2) is 4.98 Å². The molecule has 0 aliphatic carbocycles. The van der Waals surface area contributed by atoms with E-state index in [0.29, 0.717) is 17.3 Å². The molecule has 4 aromatic rings. The number of carbonyl (C=O) groups excluding carboxylic acids is 1. The first-order valence-electron chi connectivity index (χ1n) is 12.1. The number of halogens is 1.